The molecule has 0 unspecified atom stereocenters. The van der Waals surface area contributed by atoms with Crippen molar-refractivity contribution in [1.82, 2.24) is 25.1 Å². The summed E-state index contributed by atoms with van der Waals surface area (Å²) in [7, 11) is 3.56. The van der Waals surface area contributed by atoms with Crippen LogP contribution in [-0.4, -0.2) is 45.1 Å². The molecule has 2 heterocycles. The van der Waals surface area contributed by atoms with E-state index in [0.717, 1.165) is 22.2 Å². The molecule has 1 aromatic carbocycles. The molecule has 8 heteroatoms. The predicted octanol–water partition coefficient (Wildman–Crippen LogP) is 2.34. The van der Waals surface area contributed by atoms with E-state index >= 15 is 0 Å². The number of benzene rings is 1. The van der Waals surface area contributed by atoms with Crippen molar-refractivity contribution in [2.75, 3.05) is 19.4 Å². The van der Waals surface area contributed by atoms with E-state index in [-0.39, 0.29) is 5.91 Å². The van der Waals surface area contributed by atoms with Crippen LogP contribution in [0.2, 0.25) is 0 Å². The van der Waals surface area contributed by atoms with Crippen molar-refractivity contribution in [2.24, 2.45) is 7.05 Å². The van der Waals surface area contributed by atoms with Gasteiger partial charge in [-0.2, -0.15) is 5.10 Å². The van der Waals surface area contributed by atoms with Crippen LogP contribution in [0, 0.1) is 0 Å². The summed E-state index contributed by atoms with van der Waals surface area (Å²) < 4.78 is 7.15. The Balaban J connectivity index is 1.54. The number of aromatic nitrogens is 4. The van der Waals surface area contributed by atoms with Crippen LogP contribution < -0.4 is 10.1 Å². The highest BCUT2D eigenvalue weighted by atomic mass is 32.2. The lowest BCUT2D eigenvalue weighted by Gasteiger charge is -2.03. The molecule has 0 aliphatic rings. The molecular formula is C17H19N5O2S. The number of aromatic amines is 1. The first kappa shape index (κ1) is 17.1. The van der Waals surface area contributed by atoms with Crippen LogP contribution in [0.4, 0.5) is 0 Å². The van der Waals surface area contributed by atoms with Gasteiger partial charge in [0, 0.05) is 37.3 Å². The fourth-order valence-corrected chi connectivity index (χ4v) is 3.05. The average molecular weight is 357 g/mol. The Morgan fingerprint density at radius 1 is 1.40 bits per heavy atom. The van der Waals surface area contributed by atoms with Gasteiger partial charge in [0.05, 0.1) is 12.8 Å². The maximum Gasteiger partial charge on any atom is 0.269 e. The summed E-state index contributed by atoms with van der Waals surface area (Å²) >= 11 is 1.59. The van der Waals surface area contributed by atoms with Gasteiger partial charge in [0.25, 0.3) is 5.91 Å². The minimum absolute atomic E-state index is 0.179. The number of thioether (sulfide) groups is 1. The number of nitrogens with zero attached hydrogens (tertiary/aromatic N) is 3. The number of carbonyl (C=O) groups is 1. The van der Waals surface area contributed by atoms with Gasteiger partial charge in [-0.05, 0) is 18.2 Å². The minimum Gasteiger partial charge on any atom is -0.497 e. The standard InChI is InChI=1S/C17H19N5O2S/c1-22-8-6-19-17(22)25-9-7-18-16(23)15-11-14(20-21-15)12-4-3-5-13(10-12)24-2/h3-6,8,10-11H,7,9H2,1-2H3,(H,18,23)(H,20,21). The number of hydrogen-bond donors (Lipinski definition) is 2. The molecule has 0 bridgehead atoms. The smallest absolute Gasteiger partial charge is 0.269 e. The molecule has 0 radical (unpaired) electrons. The third-order valence-corrected chi connectivity index (χ3v) is 4.64. The van der Waals surface area contributed by atoms with Gasteiger partial charge in [0.15, 0.2) is 5.16 Å². The van der Waals surface area contributed by atoms with Crippen LogP contribution in [0.1, 0.15) is 10.5 Å². The third-order valence-electron chi connectivity index (χ3n) is 3.58. The van der Waals surface area contributed by atoms with Crippen molar-refractivity contribution in [2.45, 2.75) is 5.16 Å². The number of nitrogens with one attached hydrogen (secondary N) is 2. The van der Waals surface area contributed by atoms with Gasteiger partial charge >= 0.3 is 0 Å². The van der Waals surface area contributed by atoms with Gasteiger partial charge in [-0.1, -0.05) is 23.9 Å². The molecule has 130 valence electrons. The highest BCUT2D eigenvalue weighted by Gasteiger charge is 2.11. The van der Waals surface area contributed by atoms with Gasteiger partial charge < -0.3 is 14.6 Å². The van der Waals surface area contributed by atoms with Gasteiger partial charge in [0.1, 0.15) is 11.4 Å². The number of imidazole rings is 1. The van der Waals surface area contributed by atoms with E-state index in [1.807, 2.05) is 42.1 Å². The highest BCUT2D eigenvalue weighted by Crippen LogP contribution is 2.22. The van der Waals surface area contributed by atoms with Crippen molar-refractivity contribution in [3.8, 4) is 17.0 Å². The van der Waals surface area contributed by atoms with E-state index in [2.05, 4.69) is 20.5 Å². The molecule has 7 nitrogen and oxygen atoms in total. The SMILES string of the molecule is COc1cccc(-c2cc(C(=O)NCCSc3nccn3C)[nH]n2)c1. The first-order chi connectivity index (χ1) is 12.2. The van der Waals surface area contributed by atoms with Crippen LogP contribution in [0.15, 0.2) is 47.9 Å². The quantitative estimate of drug-likeness (QED) is 0.501. The summed E-state index contributed by atoms with van der Waals surface area (Å²) in [5.41, 5.74) is 2.02. The Hall–Kier alpha value is -2.74. The maximum atomic E-state index is 12.2. The largest absolute Gasteiger partial charge is 0.497 e. The van der Waals surface area contributed by atoms with Crippen LogP contribution in [-0.2, 0) is 7.05 Å². The lowest BCUT2D eigenvalue weighted by Crippen LogP contribution is -2.26. The zero-order valence-electron chi connectivity index (χ0n) is 14.0. The Bertz CT molecular complexity index is 858. The fraction of sp³-hybridized carbons (Fsp3) is 0.235. The van der Waals surface area contributed by atoms with Crippen LogP contribution in [0.25, 0.3) is 11.3 Å². The maximum absolute atomic E-state index is 12.2. The van der Waals surface area contributed by atoms with E-state index in [1.54, 1.807) is 31.1 Å². The topological polar surface area (TPSA) is 84.8 Å². The van der Waals surface area contributed by atoms with Gasteiger partial charge in [-0.15, -0.1) is 0 Å². The Labute approximate surface area is 149 Å². The van der Waals surface area contributed by atoms with E-state index < -0.39 is 0 Å². The summed E-state index contributed by atoms with van der Waals surface area (Å²) in [4.78, 5) is 16.4. The van der Waals surface area contributed by atoms with Crippen molar-refractivity contribution in [1.29, 1.82) is 0 Å². The Morgan fingerprint density at radius 2 is 2.28 bits per heavy atom. The molecule has 3 aromatic rings. The number of methoxy groups -OCH3 is 1. The molecule has 3 rings (SSSR count). The Kier molecular flexibility index (Phi) is 5.39. The monoisotopic (exact) mass is 357 g/mol. The third kappa shape index (κ3) is 4.21. The molecule has 2 aromatic heterocycles. The highest BCUT2D eigenvalue weighted by molar-refractivity contribution is 7.99. The Morgan fingerprint density at radius 3 is 3.04 bits per heavy atom. The fourth-order valence-electron chi connectivity index (χ4n) is 2.26. The molecule has 0 saturated carbocycles. The molecule has 0 aliphatic carbocycles. The first-order valence-corrected chi connectivity index (χ1v) is 8.74. The zero-order valence-corrected chi connectivity index (χ0v) is 14.8. The number of rotatable bonds is 7. The minimum atomic E-state index is -0.179. The van der Waals surface area contributed by atoms with Crippen LogP contribution in [0.3, 0.4) is 0 Å². The summed E-state index contributed by atoms with van der Waals surface area (Å²) in [5, 5.41) is 10.8. The van der Waals surface area contributed by atoms with E-state index in [1.165, 1.54) is 0 Å². The van der Waals surface area contributed by atoms with Crippen LogP contribution >= 0.6 is 11.8 Å². The summed E-state index contributed by atoms with van der Waals surface area (Å²) in [6.45, 7) is 0.546. The summed E-state index contributed by atoms with van der Waals surface area (Å²) in [6.07, 6.45) is 3.65. The van der Waals surface area contributed by atoms with E-state index in [4.69, 9.17) is 4.74 Å². The molecule has 0 aliphatic heterocycles. The second-order valence-corrected chi connectivity index (χ2v) is 6.39. The second-order valence-electron chi connectivity index (χ2n) is 5.32. The van der Waals surface area contributed by atoms with Gasteiger partial charge in [-0.25, -0.2) is 4.98 Å². The van der Waals surface area contributed by atoms with Crippen LogP contribution in [0.5, 0.6) is 5.75 Å². The van der Waals surface area contributed by atoms with Gasteiger partial charge in [-0.3, -0.25) is 9.89 Å². The summed E-state index contributed by atoms with van der Waals surface area (Å²) in [6, 6.07) is 9.28. The first-order valence-electron chi connectivity index (χ1n) is 7.75. The molecule has 25 heavy (non-hydrogen) atoms. The lowest BCUT2D eigenvalue weighted by atomic mass is 10.1. The normalized spacial score (nSPS) is 10.6. The molecule has 0 fully saturated rings. The lowest BCUT2D eigenvalue weighted by molar-refractivity contribution is 0.0951. The summed E-state index contributed by atoms with van der Waals surface area (Å²) in [5.74, 6) is 1.31. The number of ether oxygens (including phenoxy) is 1. The molecule has 0 spiro atoms. The van der Waals surface area contributed by atoms with Crippen molar-refractivity contribution < 1.29 is 9.53 Å². The van der Waals surface area contributed by atoms with E-state index in [0.29, 0.717) is 17.9 Å². The number of carbonyl (C=O) groups excluding carboxylic acids is 1. The molecule has 1 amide bonds. The van der Waals surface area contributed by atoms with Gasteiger partial charge in [0.2, 0.25) is 0 Å². The number of amides is 1. The second kappa shape index (κ2) is 7.89. The van der Waals surface area contributed by atoms with E-state index in [9.17, 15) is 4.79 Å². The number of H-pyrrole nitrogens is 1. The molecule has 2 N–H and O–H groups in total. The average Bonchev–Trinajstić information content (AvgIpc) is 3.28. The van der Waals surface area contributed by atoms with Crippen molar-refractivity contribution >= 4 is 17.7 Å². The zero-order chi connectivity index (χ0) is 17.6. The number of hydrogen-bond acceptors (Lipinski definition) is 5. The van der Waals surface area contributed by atoms with Crippen molar-refractivity contribution in [3.05, 3.63) is 48.4 Å². The van der Waals surface area contributed by atoms with Crippen molar-refractivity contribution in [3.63, 3.8) is 0 Å². The molecular weight excluding hydrogens is 338 g/mol. The predicted molar refractivity (Wildman–Crippen MR) is 96.8 cm³/mol. The molecule has 0 atom stereocenters. The molecule has 0 saturated heterocycles. The number of aryl methyl sites for hydroxylation is 1.